The Kier molecular flexibility index (Phi) is 5.65. The monoisotopic (exact) mass is 214 g/mol. The summed E-state index contributed by atoms with van der Waals surface area (Å²) in [6, 6.07) is 0.275. The maximum atomic E-state index is 11.6. The van der Waals surface area contributed by atoms with E-state index in [2.05, 4.69) is 10.6 Å². The molecule has 0 amide bonds. The Hall–Kier alpha value is -0.610. The van der Waals surface area contributed by atoms with Crippen molar-refractivity contribution in [1.29, 1.82) is 0 Å². The Morgan fingerprint density at radius 2 is 2.13 bits per heavy atom. The highest BCUT2D eigenvalue weighted by Crippen LogP contribution is 2.09. The molecule has 1 saturated heterocycles. The van der Waals surface area contributed by atoms with Crippen molar-refractivity contribution < 1.29 is 9.53 Å². The quantitative estimate of drug-likeness (QED) is 0.655. The van der Waals surface area contributed by atoms with Gasteiger partial charge in [-0.2, -0.15) is 0 Å². The van der Waals surface area contributed by atoms with Gasteiger partial charge in [-0.15, -0.1) is 0 Å². The van der Waals surface area contributed by atoms with Gasteiger partial charge in [0.05, 0.1) is 12.0 Å². The number of piperazine rings is 1. The van der Waals surface area contributed by atoms with Gasteiger partial charge in [-0.05, 0) is 12.8 Å². The maximum absolute atomic E-state index is 11.6. The molecule has 1 heterocycles. The van der Waals surface area contributed by atoms with Crippen LogP contribution in [-0.4, -0.2) is 38.3 Å². The lowest BCUT2D eigenvalue weighted by atomic mass is 10.0. The van der Waals surface area contributed by atoms with Gasteiger partial charge in [0.15, 0.2) is 0 Å². The summed E-state index contributed by atoms with van der Waals surface area (Å²) >= 11 is 0. The van der Waals surface area contributed by atoms with E-state index >= 15 is 0 Å². The predicted octanol–water partition coefficient (Wildman–Crippen LogP) is 0.527. The Labute approximate surface area is 91.8 Å². The topological polar surface area (TPSA) is 50.4 Å². The smallest absolute Gasteiger partial charge is 0.308 e. The minimum atomic E-state index is -0.0487. The number of rotatable bonds is 5. The van der Waals surface area contributed by atoms with E-state index in [1.807, 2.05) is 13.8 Å². The van der Waals surface area contributed by atoms with Gasteiger partial charge in [0.1, 0.15) is 6.61 Å². The molecule has 15 heavy (non-hydrogen) atoms. The van der Waals surface area contributed by atoms with Gasteiger partial charge in [-0.25, -0.2) is 0 Å². The molecule has 88 valence electrons. The fourth-order valence-electron chi connectivity index (χ4n) is 1.75. The van der Waals surface area contributed by atoms with Gasteiger partial charge in [0.25, 0.3) is 0 Å². The first-order valence-electron chi connectivity index (χ1n) is 5.88. The second-order valence-corrected chi connectivity index (χ2v) is 4.00. The number of ether oxygens (including phenoxy) is 1. The highest BCUT2D eigenvalue weighted by Gasteiger charge is 2.18. The van der Waals surface area contributed by atoms with Crippen LogP contribution in [0.4, 0.5) is 0 Å². The third-order valence-electron chi connectivity index (χ3n) is 2.87. The van der Waals surface area contributed by atoms with Gasteiger partial charge in [-0.1, -0.05) is 13.8 Å². The lowest BCUT2D eigenvalue weighted by molar-refractivity contribution is -0.149. The average molecular weight is 214 g/mol. The summed E-state index contributed by atoms with van der Waals surface area (Å²) in [6.45, 7) is 7.37. The van der Waals surface area contributed by atoms with Crippen molar-refractivity contribution in [3.8, 4) is 0 Å². The van der Waals surface area contributed by atoms with Crippen molar-refractivity contribution in [2.24, 2.45) is 5.92 Å². The van der Waals surface area contributed by atoms with Crippen LogP contribution in [0.25, 0.3) is 0 Å². The van der Waals surface area contributed by atoms with E-state index < -0.39 is 0 Å². The molecule has 0 saturated carbocycles. The van der Waals surface area contributed by atoms with Crippen molar-refractivity contribution in [2.75, 3.05) is 26.2 Å². The third kappa shape index (κ3) is 4.18. The second-order valence-electron chi connectivity index (χ2n) is 4.00. The molecule has 1 rings (SSSR count). The van der Waals surface area contributed by atoms with Crippen LogP contribution in [0, 0.1) is 5.92 Å². The largest absolute Gasteiger partial charge is 0.464 e. The lowest BCUT2D eigenvalue weighted by Crippen LogP contribution is -2.50. The van der Waals surface area contributed by atoms with Crippen molar-refractivity contribution in [3.63, 3.8) is 0 Å². The first kappa shape index (κ1) is 12.5. The highest BCUT2D eigenvalue weighted by molar-refractivity contribution is 5.72. The molecule has 1 atom stereocenters. The molecule has 0 bridgehead atoms. The Bertz CT molecular complexity index is 187. The van der Waals surface area contributed by atoms with Crippen LogP contribution in [0.3, 0.4) is 0 Å². The average Bonchev–Trinajstić information content (AvgIpc) is 2.29. The van der Waals surface area contributed by atoms with Crippen LogP contribution in [-0.2, 0) is 9.53 Å². The molecule has 0 aromatic carbocycles. The van der Waals surface area contributed by atoms with Crippen molar-refractivity contribution in [3.05, 3.63) is 0 Å². The summed E-state index contributed by atoms with van der Waals surface area (Å²) in [5.74, 6) is 0.0222. The predicted molar refractivity (Wildman–Crippen MR) is 59.7 cm³/mol. The zero-order chi connectivity index (χ0) is 11.1. The van der Waals surface area contributed by atoms with Gasteiger partial charge in [-0.3, -0.25) is 4.79 Å². The molecule has 4 heteroatoms. The first-order chi connectivity index (χ1) is 7.27. The SMILES string of the molecule is CCC(CC)C(=O)OC[C@@H]1CNCCN1. The Balaban J connectivity index is 2.20. The molecule has 0 aliphatic carbocycles. The van der Waals surface area contributed by atoms with E-state index in [4.69, 9.17) is 4.74 Å². The van der Waals surface area contributed by atoms with Crippen LogP contribution in [0.5, 0.6) is 0 Å². The van der Waals surface area contributed by atoms with Crippen LogP contribution < -0.4 is 10.6 Å². The second kappa shape index (κ2) is 6.80. The van der Waals surface area contributed by atoms with Gasteiger partial charge in [0, 0.05) is 19.6 Å². The van der Waals surface area contributed by atoms with E-state index in [1.165, 1.54) is 0 Å². The van der Waals surface area contributed by atoms with Crippen LogP contribution >= 0.6 is 0 Å². The third-order valence-corrected chi connectivity index (χ3v) is 2.87. The molecule has 0 unspecified atom stereocenters. The molecular weight excluding hydrogens is 192 g/mol. The minimum Gasteiger partial charge on any atom is -0.464 e. The maximum Gasteiger partial charge on any atom is 0.308 e. The van der Waals surface area contributed by atoms with E-state index in [-0.39, 0.29) is 17.9 Å². The molecule has 0 spiro atoms. The lowest BCUT2D eigenvalue weighted by Gasteiger charge is -2.24. The first-order valence-corrected chi connectivity index (χ1v) is 5.88. The van der Waals surface area contributed by atoms with Gasteiger partial charge in [0.2, 0.25) is 0 Å². The van der Waals surface area contributed by atoms with Gasteiger partial charge >= 0.3 is 5.97 Å². The summed E-state index contributed by atoms with van der Waals surface area (Å²) in [5.41, 5.74) is 0. The van der Waals surface area contributed by atoms with E-state index in [0.29, 0.717) is 6.61 Å². The Morgan fingerprint density at radius 1 is 1.40 bits per heavy atom. The summed E-state index contributed by atoms with van der Waals surface area (Å²) in [4.78, 5) is 11.6. The normalized spacial score (nSPS) is 21.7. The summed E-state index contributed by atoms with van der Waals surface area (Å²) in [7, 11) is 0. The van der Waals surface area contributed by atoms with E-state index in [9.17, 15) is 4.79 Å². The Morgan fingerprint density at radius 3 is 2.67 bits per heavy atom. The van der Waals surface area contributed by atoms with Crippen molar-refractivity contribution in [1.82, 2.24) is 10.6 Å². The van der Waals surface area contributed by atoms with Crippen LogP contribution in [0.1, 0.15) is 26.7 Å². The van der Waals surface area contributed by atoms with Gasteiger partial charge < -0.3 is 15.4 Å². The number of carbonyl (C=O) groups excluding carboxylic acids is 1. The zero-order valence-electron chi connectivity index (χ0n) is 9.71. The standard InChI is InChI=1S/C11H22N2O2/c1-3-9(4-2)11(14)15-8-10-7-12-5-6-13-10/h9-10,12-13H,3-8H2,1-2H3/t10-/m0/s1. The number of hydrogen-bond acceptors (Lipinski definition) is 4. The van der Waals surface area contributed by atoms with Crippen molar-refractivity contribution in [2.45, 2.75) is 32.7 Å². The van der Waals surface area contributed by atoms with E-state index in [1.54, 1.807) is 0 Å². The minimum absolute atomic E-state index is 0.0487. The number of esters is 1. The number of hydrogen-bond donors (Lipinski definition) is 2. The molecule has 0 aromatic heterocycles. The molecule has 1 aliphatic rings. The molecule has 1 aliphatic heterocycles. The summed E-state index contributed by atoms with van der Waals surface area (Å²) in [5, 5.41) is 6.57. The van der Waals surface area contributed by atoms with Crippen LogP contribution in [0.2, 0.25) is 0 Å². The summed E-state index contributed by atoms with van der Waals surface area (Å²) < 4.78 is 5.28. The molecule has 0 radical (unpaired) electrons. The number of nitrogens with one attached hydrogen (secondary N) is 2. The number of carbonyl (C=O) groups is 1. The van der Waals surface area contributed by atoms with E-state index in [0.717, 1.165) is 32.5 Å². The molecule has 0 aromatic rings. The van der Waals surface area contributed by atoms with Crippen molar-refractivity contribution >= 4 is 5.97 Å². The molecule has 1 fully saturated rings. The summed E-state index contributed by atoms with van der Waals surface area (Å²) in [6.07, 6.45) is 1.73. The molecular formula is C11H22N2O2. The zero-order valence-corrected chi connectivity index (χ0v) is 9.71. The fraction of sp³-hybridized carbons (Fsp3) is 0.909. The van der Waals surface area contributed by atoms with Crippen LogP contribution in [0.15, 0.2) is 0 Å². The molecule has 2 N–H and O–H groups in total. The fourth-order valence-corrected chi connectivity index (χ4v) is 1.75. The highest BCUT2D eigenvalue weighted by atomic mass is 16.5. The molecule has 4 nitrogen and oxygen atoms in total.